The quantitative estimate of drug-likeness (QED) is 0.341. The number of nitrogens with zero attached hydrogens (tertiary/aromatic N) is 4. The van der Waals surface area contributed by atoms with Crippen LogP contribution < -0.4 is 0 Å². The van der Waals surface area contributed by atoms with Crippen LogP contribution in [0.5, 0.6) is 0 Å². The van der Waals surface area contributed by atoms with Gasteiger partial charge in [-0.3, -0.25) is 4.79 Å². The average molecular weight is 655 g/mol. The minimum Gasteiger partial charge on any atom is -0.444 e. The molecular formula is C35H44F2N4O6. The predicted molar refractivity (Wildman–Crippen MR) is 170 cm³/mol. The Hall–Kier alpha value is -3.87. The highest BCUT2D eigenvalue weighted by Crippen LogP contribution is 2.38. The molecule has 47 heavy (non-hydrogen) atoms. The van der Waals surface area contributed by atoms with Crippen LogP contribution in [0.25, 0.3) is 11.3 Å². The van der Waals surface area contributed by atoms with Gasteiger partial charge in [0.15, 0.2) is 0 Å². The molecule has 2 saturated heterocycles. The normalized spacial score (nSPS) is 20.2. The molecule has 2 fully saturated rings. The number of aromatic nitrogens is 2. The number of hydrogen-bond acceptors (Lipinski definition) is 7. The average Bonchev–Trinajstić information content (AvgIpc) is 3.60. The number of aliphatic hydroxyl groups excluding tert-OH is 2. The van der Waals surface area contributed by atoms with Crippen molar-refractivity contribution in [2.24, 2.45) is 11.8 Å². The van der Waals surface area contributed by atoms with Crippen LogP contribution in [-0.2, 0) is 20.8 Å². The fraction of sp³-hybridized carbons (Fsp3) is 0.514. The van der Waals surface area contributed by atoms with Gasteiger partial charge in [0.1, 0.15) is 29.2 Å². The lowest BCUT2D eigenvalue weighted by atomic mass is 9.88. The van der Waals surface area contributed by atoms with Gasteiger partial charge in [0.05, 0.1) is 24.4 Å². The molecule has 2 amide bonds. The minimum absolute atomic E-state index is 0.00801. The highest BCUT2D eigenvalue weighted by Gasteiger charge is 2.43. The molecule has 2 N–H and O–H groups in total. The SMILES string of the molecule is C[C@H](O)C(=O)N(C[C@@H]1CN(C(=O)OC(C)(C)C)C[C@H]1O)[C@@H](c1nc(-c2cc(F)ccc2F)cn1Cc1ccccc1)C1CCOCC1. The second kappa shape index (κ2) is 14.5. The number of likely N-dealkylation sites (tertiary alicyclic amines) is 1. The first-order chi connectivity index (χ1) is 22.3. The van der Waals surface area contributed by atoms with Crippen molar-refractivity contribution >= 4 is 12.0 Å². The van der Waals surface area contributed by atoms with E-state index in [-0.39, 0.29) is 36.8 Å². The molecule has 5 rings (SSSR count). The number of rotatable bonds is 9. The van der Waals surface area contributed by atoms with Crippen molar-refractivity contribution in [3.63, 3.8) is 0 Å². The van der Waals surface area contributed by atoms with Crippen molar-refractivity contribution in [2.75, 3.05) is 32.8 Å². The van der Waals surface area contributed by atoms with Crippen LogP contribution in [0, 0.1) is 23.5 Å². The number of amides is 2. The second-order valence-corrected chi connectivity index (χ2v) is 13.5. The summed E-state index contributed by atoms with van der Waals surface area (Å²) in [6, 6.07) is 12.0. The summed E-state index contributed by atoms with van der Waals surface area (Å²) in [7, 11) is 0. The van der Waals surface area contributed by atoms with Crippen LogP contribution in [-0.4, -0.2) is 92.2 Å². The summed E-state index contributed by atoms with van der Waals surface area (Å²) in [6.45, 7) is 8.07. The molecule has 254 valence electrons. The fourth-order valence-corrected chi connectivity index (χ4v) is 6.38. The summed E-state index contributed by atoms with van der Waals surface area (Å²) in [5, 5.41) is 21.8. The summed E-state index contributed by atoms with van der Waals surface area (Å²) in [5.41, 5.74) is 0.385. The maximum Gasteiger partial charge on any atom is 0.410 e. The maximum atomic E-state index is 15.1. The standard InChI is InChI=1S/C35H44F2N4O6/c1-22(42)33(44)41(19-25-18-40(21-30(25)43)34(45)47-35(2,3)4)31(24-12-14-46-15-13-24)32-38-29(27-16-26(36)10-11-28(27)37)20-39(32)17-23-8-6-5-7-9-23/h5-11,16,20,22,24-25,30-31,42-43H,12-15,17-19,21H2,1-4H3/t22-,25-,30+,31+/m0/s1. The maximum absolute atomic E-state index is 15.1. The number of carbonyl (C=O) groups excluding carboxylic acids is 2. The summed E-state index contributed by atoms with van der Waals surface area (Å²) >= 11 is 0. The molecule has 0 spiro atoms. The van der Waals surface area contributed by atoms with Crippen molar-refractivity contribution in [2.45, 2.75) is 70.9 Å². The number of ether oxygens (including phenoxy) is 2. The van der Waals surface area contributed by atoms with E-state index in [4.69, 9.17) is 14.5 Å². The van der Waals surface area contributed by atoms with E-state index in [1.54, 1.807) is 31.9 Å². The van der Waals surface area contributed by atoms with E-state index in [0.29, 0.717) is 38.4 Å². The largest absolute Gasteiger partial charge is 0.444 e. The van der Waals surface area contributed by atoms with Gasteiger partial charge in [0, 0.05) is 50.5 Å². The lowest BCUT2D eigenvalue weighted by molar-refractivity contribution is -0.145. The predicted octanol–water partition coefficient (Wildman–Crippen LogP) is 4.78. The molecule has 2 aliphatic rings. The van der Waals surface area contributed by atoms with Crippen LogP contribution in [0.2, 0.25) is 0 Å². The van der Waals surface area contributed by atoms with Crippen LogP contribution in [0.1, 0.15) is 58.0 Å². The Morgan fingerprint density at radius 2 is 1.81 bits per heavy atom. The van der Waals surface area contributed by atoms with E-state index in [1.165, 1.54) is 11.8 Å². The number of β-amino-alcohol motifs (C(OH)–C–C–N with tert-alkyl or cyclic N) is 1. The molecule has 0 bridgehead atoms. The monoisotopic (exact) mass is 654 g/mol. The van der Waals surface area contributed by atoms with E-state index in [1.807, 2.05) is 34.9 Å². The first kappa shape index (κ1) is 34.5. The molecule has 2 aliphatic heterocycles. The molecule has 0 radical (unpaired) electrons. The van der Waals surface area contributed by atoms with Gasteiger partial charge in [-0.25, -0.2) is 18.6 Å². The highest BCUT2D eigenvalue weighted by molar-refractivity contribution is 5.81. The molecule has 1 aromatic heterocycles. The third-order valence-corrected chi connectivity index (χ3v) is 8.65. The van der Waals surface area contributed by atoms with Crippen LogP contribution in [0.4, 0.5) is 13.6 Å². The fourth-order valence-electron chi connectivity index (χ4n) is 6.38. The first-order valence-corrected chi connectivity index (χ1v) is 16.1. The minimum atomic E-state index is -1.38. The van der Waals surface area contributed by atoms with E-state index >= 15 is 4.39 Å². The van der Waals surface area contributed by atoms with Crippen molar-refractivity contribution in [3.8, 4) is 11.3 Å². The Morgan fingerprint density at radius 3 is 2.47 bits per heavy atom. The molecule has 0 saturated carbocycles. The van der Waals surface area contributed by atoms with Crippen LogP contribution >= 0.6 is 0 Å². The van der Waals surface area contributed by atoms with Gasteiger partial charge in [-0.15, -0.1) is 0 Å². The van der Waals surface area contributed by atoms with Crippen molar-refractivity contribution in [1.82, 2.24) is 19.4 Å². The highest BCUT2D eigenvalue weighted by atomic mass is 19.1. The molecule has 0 unspecified atom stereocenters. The summed E-state index contributed by atoms with van der Waals surface area (Å²) < 4.78 is 42.5. The lowest BCUT2D eigenvalue weighted by Crippen LogP contribution is -2.48. The number of aliphatic hydroxyl groups is 2. The van der Waals surface area contributed by atoms with E-state index in [0.717, 1.165) is 23.8 Å². The van der Waals surface area contributed by atoms with E-state index in [9.17, 15) is 24.2 Å². The van der Waals surface area contributed by atoms with Gasteiger partial charge in [-0.05, 0) is 70.2 Å². The van der Waals surface area contributed by atoms with Gasteiger partial charge < -0.3 is 34.1 Å². The van der Waals surface area contributed by atoms with Crippen molar-refractivity contribution in [1.29, 1.82) is 0 Å². The molecule has 12 heteroatoms. The van der Waals surface area contributed by atoms with E-state index in [2.05, 4.69) is 0 Å². The van der Waals surface area contributed by atoms with Gasteiger partial charge in [-0.1, -0.05) is 30.3 Å². The zero-order valence-corrected chi connectivity index (χ0v) is 27.3. The number of hydrogen-bond donors (Lipinski definition) is 2. The zero-order valence-electron chi connectivity index (χ0n) is 27.3. The first-order valence-electron chi connectivity index (χ1n) is 16.1. The Kier molecular flexibility index (Phi) is 10.6. The molecule has 0 aliphatic carbocycles. The van der Waals surface area contributed by atoms with Gasteiger partial charge >= 0.3 is 6.09 Å². The Bertz CT molecular complexity index is 1540. The summed E-state index contributed by atoms with van der Waals surface area (Å²) in [4.78, 5) is 34.7. The number of carbonyl (C=O) groups is 2. The van der Waals surface area contributed by atoms with E-state index < -0.39 is 53.4 Å². The number of imidazole rings is 1. The zero-order chi connectivity index (χ0) is 33.9. The molecular weight excluding hydrogens is 610 g/mol. The number of benzene rings is 2. The van der Waals surface area contributed by atoms with Gasteiger partial charge in [0.25, 0.3) is 5.91 Å². The smallest absolute Gasteiger partial charge is 0.410 e. The van der Waals surface area contributed by atoms with Gasteiger partial charge in [0.2, 0.25) is 0 Å². The van der Waals surface area contributed by atoms with Crippen LogP contribution in [0.15, 0.2) is 54.7 Å². The lowest BCUT2D eigenvalue weighted by Gasteiger charge is -2.40. The molecule has 3 aromatic rings. The molecule has 2 aromatic carbocycles. The summed E-state index contributed by atoms with van der Waals surface area (Å²) in [5.74, 6) is -2.11. The second-order valence-electron chi connectivity index (χ2n) is 13.5. The molecule has 3 heterocycles. The Balaban J connectivity index is 1.59. The number of halogens is 2. The third kappa shape index (κ3) is 8.35. The molecule has 4 atom stereocenters. The van der Waals surface area contributed by atoms with Crippen molar-refractivity contribution in [3.05, 3.63) is 77.8 Å². The van der Waals surface area contributed by atoms with Crippen molar-refractivity contribution < 1.29 is 38.1 Å². The molecule has 10 nitrogen and oxygen atoms in total. The van der Waals surface area contributed by atoms with Crippen LogP contribution in [0.3, 0.4) is 0 Å². The third-order valence-electron chi connectivity index (χ3n) is 8.65. The Labute approximate surface area is 273 Å². The van der Waals surface area contributed by atoms with Gasteiger partial charge in [-0.2, -0.15) is 0 Å². The summed E-state index contributed by atoms with van der Waals surface area (Å²) in [6.07, 6.45) is -0.0836. The topological polar surface area (TPSA) is 117 Å². The Morgan fingerprint density at radius 1 is 1.11 bits per heavy atom.